The van der Waals surface area contributed by atoms with Gasteiger partial charge in [-0.3, -0.25) is 0 Å². The minimum atomic E-state index is 0.120. The second kappa shape index (κ2) is 8.41. The molecule has 0 fully saturated rings. The first-order valence-corrected chi connectivity index (χ1v) is 7.14. The van der Waals surface area contributed by atoms with Gasteiger partial charge < -0.3 is 14.8 Å². The number of hydrogen-bond donors (Lipinski definition) is 1. The molecule has 4 heteroatoms. The van der Waals surface area contributed by atoms with Gasteiger partial charge in [-0.25, -0.2) is 0 Å². The molecule has 1 unspecified atom stereocenters. The third-order valence-electron chi connectivity index (χ3n) is 2.81. The van der Waals surface area contributed by atoms with Gasteiger partial charge in [-0.1, -0.05) is 24.6 Å². The summed E-state index contributed by atoms with van der Waals surface area (Å²) in [6.45, 7) is 7.78. The molecule has 19 heavy (non-hydrogen) atoms. The van der Waals surface area contributed by atoms with E-state index in [0.717, 1.165) is 24.3 Å². The van der Waals surface area contributed by atoms with Crippen molar-refractivity contribution in [3.63, 3.8) is 0 Å². The Hall–Kier alpha value is -0.770. The number of nitrogens with one attached hydrogen (secondary N) is 1. The highest BCUT2D eigenvalue weighted by molar-refractivity contribution is 6.30. The lowest BCUT2D eigenvalue weighted by Crippen LogP contribution is -2.28. The molecule has 0 saturated heterocycles. The lowest BCUT2D eigenvalue weighted by atomic mass is 10.1. The minimum Gasteiger partial charge on any atom is -0.496 e. The van der Waals surface area contributed by atoms with Gasteiger partial charge in [0.2, 0.25) is 0 Å². The fourth-order valence-corrected chi connectivity index (χ4v) is 2.00. The first-order chi connectivity index (χ1) is 9.08. The predicted octanol–water partition coefficient (Wildman–Crippen LogP) is 3.81. The van der Waals surface area contributed by atoms with Crippen LogP contribution in [0.2, 0.25) is 5.02 Å². The molecule has 0 aliphatic heterocycles. The summed E-state index contributed by atoms with van der Waals surface area (Å²) in [5.74, 6) is 0.799. The van der Waals surface area contributed by atoms with Crippen molar-refractivity contribution in [2.45, 2.75) is 39.3 Å². The Morgan fingerprint density at radius 1 is 1.32 bits per heavy atom. The summed E-state index contributed by atoms with van der Waals surface area (Å²) in [7, 11) is 1.66. The Morgan fingerprint density at radius 3 is 2.63 bits per heavy atom. The maximum atomic E-state index is 6.00. The van der Waals surface area contributed by atoms with Gasteiger partial charge in [0.15, 0.2) is 0 Å². The molecule has 1 N–H and O–H groups in total. The van der Waals surface area contributed by atoms with Crippen molar-refractivity contribution in [2.24, 2.45) is 0 Å². The summed E-state index contributed by atoms with van der Waals surface area (Å²) < 4.78 is 11.1. The van der Waals surface area contributed by atoms with E-state index in [-0.39, 0.29) is 12.1 Å². The Kier molecular flexibility index (Phi) is 7.21. The molecule has 1 rings (SSSR count). The van der Waals surface area contributed by atoms with Crippen molar-refractivity contribution in [2.75, 3.05) is 20.3 Å². The number of halogens is 1. The monoisotopic (exact) mass is 285 g/mol. The van der Waals surface area contributed by atoms with Gasteiger partial charge in [0, 0.05) is 10.6 Å². The SMILES string of the molecule is CCCNC(COC(C)C)c1ccc(Cl)cc1OC. The standard InChI is InChI=1S/C15H24ClNO2/c1-5-8-17-14(10-19-11(2)3)13-7-6-12(16)9-15(13)18-4/h6-7,9,11,14,17H,5,8,10H2,1-4H3. The van der Waals surface area contributed by atoms with Gasteiger partial charge in [0.1, 0.15) is 5.75 Å². The average molecular weight is 286 g/mol. The molecule has 0 amide bonds. The van der Waals surface area contributed by atoms with Crippen molar-refractivity contribution in [3.05, 3.63) is 28.8 Å². The van der Waals surface area contributed by atoms with Crippen LogP contribution in [0.5, 0.6) is 5.75 Å². The topological polar surface area (TPSA) is 30.5 Å². The van der Waals surface area contributed by atoms with Crippen LogP contribution in [0.1, 0.15) is 38.8 Å². The van der Waals surface area contributed by atoms with Gasteiger partial charge in [0.25, 0.3) is 0 Å². The zero-order valence-corrected chi connectivity index (χ0v) is 13.0. The van der Waals surface area contributed by atoms with Crippen LogP contribution in [0.3, 0.4) is 0 Å². The molecule has 1 aromatic rings. The zero-order chi connectivity index (χ0) is 14.3. The second-order valence-electron chi connectivity index (χ2n) is 4.78. The van der Waals surface area contributed by atoms with Gasteiger partial charge in [-0.15, -0.1) is 0 Å². The lowest BCUT2D eigenvalue weighted by molar-refractivity contribution is 0.0606. The highest BCUT2D eigenvalue weighted by Gasteiger charge is 2.16. The third-order valence-corrected chi connectivity index (χ3v) is 3.04. The summed E-state index contributed by atoms with van der Waals surface area (Å²) in [6, 6.07) is 5.84. The maximum absolute atomic E-state index is 6.00. The molecule has 108 valence electrons. The normalized spacial score (nSPS) is 12.7. The number of benzene rings is 1. The zero-order valence-electron chi connectivity index (χ0n) is 12.2. The molecule has 0 radical (unpaired) electrons. The van der Waals surface area contributed by atoms with Crippen molar-refractivity contribution < 1.29 is 9.47 Å². The molecule has 0 aliphatic rings. The van der Waals surface area contributed by atoms with Crippen LogP contribution in [0.4, 0.5) is 0 Å². The molecule has 0 spiro atoms. The molecule has 1 atom stereocenters. The molecule has 0 saturated carbocycles. The molecule has 1 aromatic carbocycles. The third kappa shape index (κ3) is 5.39. The maximum Gasteiger partial charge on any atom is 0.125 e. The second-order valence-corrected chi connectivity index (χ2v) is 5.21. The Morgan fingerprint density at radius 2 is 2.05 bits per heavy atom. The molecule has 3 nitrogen and oxygen atoms in total. The molecule has 0 aliphatic carbocycles. The van der Waals surface area contributed by atoms with Gasteiger partial charge in [-0.05, 0) is 38.9 Å². The van der Waals surface area contributed by atoms with Crippen molar-refractivity contribution in [1.82, 2.24) is 5.32 Å². The van der Waals surface area contributed by atoms with Crippen LogP contribution in [0, 0.1) is 0 Å². The van der Waals surface area contributed by atoms with Crippen molar-refractivity contribution in [3.8, 4) is 5.75 Å². The fourth-order valence-electron chi connectivity index (χ4n) is 1.84. The number of rotatable bonds is 8. The van der Waals surface area contributed by atoms with Crippen LogP contribution in [-0.4, -0.2) is 26.4 Å². The molecular formula is C15H24ClNO2. The predicted molar refractivity (Wildman–Crippen MR) is 80.1 cm³/mol. The van der Waals surface area contributed by atoms with E-state index in [1.807, 2.05) is 32.0 Å². The van der Waals surface area contributed by atoms with E-state index in [1.54, 1.807) is 7.11 Å². The number of hydrogen-bond acceptors (Lipinski definition) is 3. The van der Waals surface area contributed by atoms with E-state index in [9.17, 15) is 0 Å². The van der Waals surface area contributed by atoms with Gasteiger partial charge >= 0.3 is 0 Å². The Balaban J connectivity index is 2.88. The minimum absolute atomic E-state index is 0.120. The molecule has 0 aromatic heterocycles. The summed E-state index contributed by atoms with van der Waals surface area (Å²) in [5, 5.41) is 4.17. The van der Waals surface area contributed by atoms with E-state index >= 15 is 0 Å². The summed E-state index contributed by atoms with van der Waals surface area (Å²) >= 11 is 6.00. The lowest BCUT2D eigenvalue weighted by Gasteiger charge is -2.22. The van der Waals surface area contributed by atoms with Crippen LogP contribution >= 0.6 is 11.6 Å². The van der Waals surface area contributed by atoms with Crippen molar-refractivity contribution >= 4 is 11.6 Å². The fraction of sp³-hybridized carbons (Fsp3) is 0.600. The van der Waals surface area contributed by atoms with Crippen LogP contribution < -0.4 is 10.1 Å². The average Bonchev–Trinajstić information content (AvgIpc) is 2.39. The molecular weight excluding hydrogens is 262 g/mol. The Bertz CT molecular complexity index is 382. The highest BCUT2D eigenvalue weighted by Crippen LogP contribution is 2.28. The smallest absolute Gasteiger partial charge is 0.125 e. The summed E-state index contributed by atoms with van der Waals surface area (Å²) in [5.41, 5.74) is 1.08. The first-order valence-electron chi connectivity index (χ1n) is 6.76. The van der Waals surface area contributed by atoms with Crippen LogP contribution in [0.25, 0.3) is 0 Å². The van der Waals surface area contributed by atoms with E-state index in [1.165, 1.54) is 0 Å². The first kappa shape index (κ1) is 16.3. The van der Waals surface area contributed by atoms with E-state index in [4.69, 9.17) is 21.1 Å². The summed E-state index contributed by atoms with van der Waals surface area (Å²) in [4.78, 5) is 0. The molecule has 0 heterocycles. The largest absolute Gasteiger partial charge is 0.496 e. The van der Waals surface area contributed by atoms with Crippen molar-refractivity contribution in [1.29, 1.82) is 0 Å². The van der Waals surface area contributed by atoms with Gasteiger partial charge in [-0.2, -0.15) is 0 Å². The summed E-state index contributed by atoms with van der Waals surface area (Å²) in [6.07, 6.45) is 1.29. The number of methoxy groups -OCH3 is 1. The van der Waals surface area contributed by atoms with Crippen LogP contribution in [-0.2, 0) is 4.74 Å². The highest BCUT2D eigenvalue weighted by atomic mass is 35.5. The number of ether oxygens (including phenoxy) is 2. The Labute approximate surface area is 121 Å². The van der Waals surface area contributed by atoms with Gasteiger partial charge in [0.05, 0.1) is 25.9 Å². The van der Waals surface area contributed by atoms with Crippen LogP contribution in [0.15, 0.2) is 18.2 Å². The van der Waals surface area contributed by atoms with E-state index in [2.05, 4.69) is 12.2 Å². The van der Waals surface area contributed by atoms with E-state index in [0.29, 0.717) is 11.6 Å². The van der Waals surface area contributed by atoms with E-state index < -0.39 is 0 Å². The quantitative estimate of drug-likeness (QED) is 0.788. The molecule has 0 bridgehead atoms.